The van der Waals surface area contributed by atoms with Gasteiger partial charge in [-0.25, -0.2) is 9.36 Å². The van der Waals surface area contributed by atoms with Gasteiger partial charge in [-0.2, -0.15) is 0 Å². The Morgan fingerprint density at radius 2 is 1.89 bits per heavy atom. The quantitative estimate of drug-likeness (QED) is 0.813. The number of carbonyl (C=O) groups is 1. The average Bonchev–Trinajstić information content (AvgIpc) is 2.38. The van der Waals surface area contributed by atoms with Crippen LogP contribution in [-0.4, -0.2) is 10.7 Å². The second kappa shape index (κ2) is 5.31. The van der Waals surface area contributed by atoms with Gasteiger partial charge in [0.05, 0.1) is 0 Å². The van der Waals surface area contributed by atoms with Crippen LogP contribution in [0, 0.1) is 6.92 Å². The third-order valence-corrected chi connectivity index (χ3v) is 2.50. The lowest BCUT2D eigenvalue weighted by molar-refractivity contribution is 0.140. The maximum absolute atomic E-state index is 11.6. The number of hydrogen-bond donors (Lipinski definition) is 0. The summed E-state index contributed by atoms with van der Waals surface area (Å²) in [5.74, 6) is 0. The third kappa shape index (κ3) is 2.85. The molecule has 0 unspecified atom stereocenters. The van der Waals surface area contributed by atoms with Gasteiger partial charge in [0.2, 0.25) is 0 Å². The summed E-state index contributed by atoms with van der Waals surface area (Å²) in [5, 5.41) is 0. The fourth-order valence-electron chi connectivity index (χ4n) is 1.48. The molecule has 1 heterocycles. The molecule has 0 atom stereocenters. The Kier molecular flexibility index (Phi) is 3.57. The van der Waals surface area contributed by atoms with Gasteiger partial charge in [0, 0.05) is 12.3 Å². The molecule has 1 aromatic heterocycles. The van der Waals surface area contributed by atoms with Crippen molar-refractivity contribution in [3.8, 4) is 0 Å². The van der Waals surface area contributed by atoms with E-state index in [4.69, 9.17) is 4.74 Å². The Morgan fingerprint density at radius 1 is 1.17 bits per heavy atom. The number of ether oxygens (including phenoxy) is 1. The summed E-state index contributed by atoms with van der Waals surface area (Å²) >= 11 is 0. The van der Waals surface area contributed by atoms with Gasteiger partial charge in [-0.3, -0.25) is 4.79 Å². The molecule has 0 bridgehead atoms. The Labute approximate surface area is 104 Å². The van der Waals surface area contributed by atoms with Gasteiger partial charge < -0.3 is 4.74 Å². The number of nitrogens with zero attached hydrogens (tertiary/aromatic N) is 1. The van der Waals surface area contributed by atoms with Crippen LogP contribution in [0.3, 0.4) is 0 Å². The molecule has 0 fully saturated rings. The number of benzene rings is 1. The zero-order chi connectivity index (χ0) is 13.0. The van der Waals surface area contributed by atoms with Crippen LogP contribution >= 0.6 is 0 Å². The van der Waals surface area contributed by atoms with Crippen molar-refractivity contribution in [1.82, 2.24) is 4.57 Å². The van der Waals surface area contributed by atoms with Crippen LogP contribution in [0.15, 0.2) is 53.5 Å². The van der Waals surface area contributed by atoms with E-state index in [9.17, 15) is 9.59 Å². The van der Waals surface area contributed by atoms with Crippen molar-refractivity contribution in [2.75, 3.05) is 0 Å². The molecule has 4 heteroatoms. The summed E-state index contributed by atoms with van der Waals surface area (Å²) in [6.07, 6.45) is 0.723. The molecule has 1 aromatic carbocycles. The Balaban J connectivity index is 2.03. The molecule has 0 aliphatic rings. The number of carbonyl (C=O) groups excluding carboxylic acids is 1. The van der Waals surface area contributed by atoms with E-state index in [2.05, 4.69) is 0 Å². The van der Waals surface area contributed by atoms with Crippen molar-refractivity contribution in [3.63, 3.8) is 0 Å². The zero-order valence-corrected chi connectivity index (χ0v) is 10.00. The summed E-state index contributed by atoms with van der Waals surface area (Å²) in [6.45, 7) is 2.14. The van der Waals surface area contributed by atoms with E-state index in [1.54, 1.807) is 12.1 Å². The van der Waals surface area contributed by atoms with Gasteiger partial charge in [0.1, 0.15) is 6.61 Å². The predicted octanol–water partition coefficient (Wildman–Crippen LogP) is 2.34. The minimum absolute atomic E-state index is 0.153. The largest absolute Gasteiger partial charge is 0.444 e. The standard InChI is InChI=1S/C14H13NO3/c1-11-5-7-12(8-6-11)10-18-14(17)15-9-3-2-4-13(15)16/h2-9H,10H2,1H3. The first-order valence-corrected chi connectivity index (χ1v) is 5.57. The van der Waals surface area contributed by atoms with Crippen molar-refractivity contribution in [3.05, 3.63) is 70.1 Å². The highest BCUT2D eigenvalue weighted by atomic mass is 16.5. The SMILES string of the molecule is Cc1ccc(COC(=O)n2ccccc2=O)cc1. The number of rotatable bonds is 2. The highest BCUT2D eigenvalue weighted by Gasteiger charge is 2.07. The van der Waals surface area contributed by atoms with Crippen LogP contribution in [0.2, 0.25) is 0 Å². The summed E-state index contributed by atoms with van der Waals surface area (Å²) < 4.78 is 6.00. The highest BCUT2D eigenvalue weighted by molar-refractivity contribution is 5.70. The lowest BCUT2D eigenvalue weighted by atomic mass is 10.2. The highest BCUT2D eigenvalue weighted by Crippen LogP contribution is 2.04. The molecule has 92 valence electrons. The van der Waals surface area contributed by atoms with Crippen LogP contribution in [0.5, 0.6) is 0 Å². The molecular formula is C14H13NO3. The van der Waals surface area contributed by atoms with Crippen molar-refractivity contribution in [2.24, 2.45) is 0 Å². The van der Waals surface area contributed by atoms with Crippen molar-refractivity contribution in [1.29, 1.82) is 0 Å². The molecule has 2 aromatic rings. The second-order valence-corrected chi connectivity index (χ2v) is 3.95. The zero-order valence-electron chi connectivity index (χ0n) is 10.00. The molecule has 2 rings (SSSR count). The minimum Gasteiger partial charge on any atom is -0.444 e. The molecule has 0 aliphatic heterocycles. The summed E-state index contributed by atoms with van der Waals surface area (Å²) in [6, 6.07) is 12.1. The topological polar surface area (TPSA) is 48.3 Å². The average molecular weight is 243 g/mol. The maximum Gasteiger partial charge on any atom is 0.421 e. The molecule has 0 N–H and O–H groups in total. The van der Waals surface area contributed by atoms with Crippen LogP contribution in [0.4, 0.5) is 4.79 Å². The fourth-order valence-corrected chi connectivity index (χ4v) is 1.48. The number of hydrogen-bond acceptors (Lipinski definition) is 3. The molecule has 0 radical (unpaired) electrons. The van der Waals surface area contributed by atoms with Crippen LogP contribution < -0.4 is 5.56 Å². The number of aromatic nitrogens is 1. The smallest absolute Gasteiger partial charge is 0.421 e. The van der Waals surface area contributed by atoms with Gasteiger partial charge in [-0.15, -0.1) is 0 Å². The predicted molar refractivity (Wildman–Crippen MR) is 67.5 cm³/mol. The van der Waals surface area contributed by atoms with Crippen LogP contribution in [-0.2, 0) is 11.3 Å². The van der Waals surface area contributed by atoms with Gasteiger partial charge in [-0.05, 0) is 18.6 Å². The molecule has 0 spiro atoms. The molecule has 4 nitrogen and oxygen atoms in total. The number of pyridine rings is 1. The number of aryl methyl sites for hydroxylation is 1. The second-order valence-electron chi connectivity index (χ2n) is 3.95. The van der Waals surface area contributed by atoms with Crippen molar-refractivity contribution in [2.45, 2.75) is 13.5 Å². The molecular weight excluding hydrogens is 230 g/mol. The minimum atomic E-state index is -0.666. The molecule has 0 aliphatic carbocycles. The van der Waals surface area contributed by atoms with E-state index < -0.39 is 11.7 Å². The lowest BCUT2D eigenvalue weighted by Crippen LogP contribution is -2.26. The van der Waals surface area contributed by atoms with Gasteiger partial charge >= 0.3 is 6.09 Å². The van der Waals surface area contributed by atoms with E-state index in [1.165, 1.54) is 12.3 Å². The normalized spacial score (nSPS) is 10.1. The molecule has 18 heavy (non-hydrogen) atoms. The molecule has 0 amide bonds. The van der Waals surface area contributed by atoms with Crippen molar-refractivity contribution < 1.29 is 9.53 Å². The summed E-state index contributed by atoms with van der Waals surface area (Å²) in [4.78, 5) is 23.0. The van der Waals surface area contributed by atoms with E-state index in [1.807, 2.05) is 31.2 Å². The summed E-state index contributed by atoms with van der Waals surface area (Å²) in [7, 11) is 0. The fraction of sp³-hybridized carbons (Fsp3) is 0.143. The van der Waals surface area contributed by atoms with Crippen LogP contribution in [0.25, 0.3) is 0 Å². The van der Waals surface area contributed by atoms with Crippen molar-refractivity contribution >= 4 is 6.09 Å². The van der Waals surface area contributed by atoms with E-state index in [0.717, 1.165) is 15.7 Å². The van der Waals surface area contributed by atoms with E-state index in [0.29, 0.717) is 0 Å². The van der Waals surface area contributed by atoms with E-state index >= 15 is 0 Å². The lowest BCUT2D eigenvalue weighted by Gasteiger charge is -2.06. The molecule has 0 saturated heterocycles. The van der Waals surface area contributed by atoms with Gasteiger partial charge in [0.25, 0.3) is 5.56 Å². The maximum atomic E-state index is 11.6. The Hall–Kier alpha value is -2.36. The first-order valence-electron chi connectivity index (χ1n) is 5.57. The first-order chi connectivity index (χ1) is 8.66. The first kappa shape index (κ1) is 12.1. The monoisotopic (exact) mass is 243 g/mol. The summed E-state index contributed by atoms with van der Waals surface area (Å²) in [5.41, 5.74) is 1.63. The Bertz CT molecular complexity index is 599. The van der Waals surface area contributed by atoms with Crippen LogP contribution in [0.1, 0.15) is 11.1 Å². The Morgan fingerprint density at radius 3 is 2.56 bits per heavy atom. The molecule has 0 saturated carbocycles. The van der Waals surface area contributed by atoms with E-state index in [-0.39, 0.29) is 6.61 Å². The van der Waals surface area contributed by atoms with Gasteiger partial charge in [0.15, 0.2) is 0 Å². The van der Waals surface area contributed by atoms with Gasteiger partial charge in [-0.1, -0.05) is 35.9 Å². The third-order valence-electron chi connectivity index (χ3n) is 2.50.